The highest BCUT2D eigenvalue weighted by molar-refractivity contribution is 6.09. The molecule has 0 N–H and O–H groups in total. The van der Waals surface area contributed by atoms with Gasteiger partial charge in [-0.1, -0.05) is 78.9 Å². The van der Waals surface area contributed by atoms with Gasteiger partial charge in [-0.2, -0.15) is 0 Å². The molecule has 0 aromatic heterocycles. The standard InChI is InChI=1S/C26H22N2O/c1-27(20-13-4-2-5-14-20)25-24(28(26(25)29)21-15-6-3-7-16-21)23-18-10-12-19-11-8-9-17-22(19)23/h2-18,24-25H,1H3/t24-,25+/m1/s1. The minimum absolute atomic E-state index is 0.0544. The molecule has 1 amide bonds. The Morgan fingerprint density at radius 3 is 2.10 bits per heavy atom. The molecule has 2 atom stereocenters. The zero-order chi connectivity index (χ0) is 19.8. The molecule has 0 unspecified atom stereocenters. The second-order valence-electron chi connectivity index (χ2n) is 7.45. The van der Waals surface area contributed by atoms with Crippen molar-refractivity contribution in [3.8, 4) is 0 Å². The van der Waals surface area contributed by atoms with Gasteiger partial charge >= 0.3 is 0 Å². The van der Waals surface area contributed by atoms with E-state index in [1.54, 1.807) is 0 Å². The molecule has 0 bridgehead atoms. The van der Waals surface area contributed by atoms with Gasteiger partial charge in [-0.25, -0.2) is 0 Å². The maximum absolute atomic E-state index is 13.4. The molecule has 4 aromatic rings. The number of hydrogen-bond donors (Lipinski definition) is 0. The summed E-state index contributed by atoms with van der Waals surface area (Å²) in [5.41, 5.74) is 3.16. The third-order valence-electron chi connectivity index (χ3n) is 5.82. The first kappa shape index (κ1) is 17.5. The fraction of sp³-hybridized carbons (Fsp3) is 0.115. The second-order valence-corrected chi connectivity index (χ2v) is 7.45. The van der Waals surface area contributed by atoms with Crippen LogP contribution in [0.5, 0.6) is 0 Å². The van der Waals surface area contributed by atoms with Crippen molar-refractivity contribution in [2.75, 3.05) is 16.8 Å². The van der Waals surface area contributed by atoms with Crippen LogP contribution in [0.1, 0.15) is 11.6 Å². The summed E-state index contributed by atoms with van der Waals surface area (Å²) in [5.74, 6) is 0.125. The first-order valence-electron chi connectivity index (χ1n) is 9.89. The van der Waals surface area contributed by atoms with Crippen LogP contribution in [0.3, 0.4) is 0 Å². The highest BCUT2D eigenvalue weighted by Crippen LogP contribution is 2.44. The van der Waals surface area contributed by atoms with Crippen molar-refractivity contribution in [3.05, 3.63) is 109 Å². The van der Waals surface area contributed by atoms with Crippen LogP contribution in [0.25, 0.3) is 10.8 Å². The van der Waals surface area contributed by atoms with Gasteiger partial charge in [-0.3, -0.25) is 4.79 Å². The van der Waals surface area contributed by atoms with Gasteiger partial charge < -0.3 is 9.80 Å². The Labute approximate surface area is 170 Å². The van der Waals surface area contributed by atoms with Gasteiger partial charge in [0, 0.05) is 18.4 Å². The van der Waals surface area contributed by atoms with Crippen molar-refractivity contribution in [2.24, 2.45) is 0 Å². The third-order valence-corrected chi connectivity index (χ3v) is 5.82. The predicted octanol–water partition coefficient (Wildman–Crippen LogP) is 5.43. The van der Waals surface area contributed by atoms with E-state index in [1.807, 2.05) is 60.5 Å². The minimum atomic E-state index is -0.247. The molecule has 0 aliphatic carbocycles. The molecule has 1 heterocycles. The number of nitrogens with zero attached hydrogens (tertiary/aromatic N) is 2. The Bertz CT molecular complexity index is 1150. The average molecular weight is 378 g/mol. The Balaban J connectivity index is 1.64. The maximum atomic E-state index is 13.4. The van der Waals surface area contributed by atoms with Crippen LogP contribution >= 0.6 is 0 Å². The van der Waals surface area contributed by atoms with E-state index in [0.717, 1.165) is 11.4 Å². The van der Waals surface area contributed by atoms with Crippen molar-refractivity contribution in [3.63, 3.8) is 0 Å². The Kier molecular flexibility index (Phi) is 4.28. The van der Waals surface area contributed by atoms with Crippen molar-refractivity contribution >= 4 is 28.1 Å². The number of likely N-dealkylation sites (N-methyl/N-ethyl adjacent to an activating group) is 1. The highest BCUT2D eigenvalue weighted by atomic mass is 16.2. The number of benzene rings is 4. The second kappa shape index (κ2) is 7.10. The van der Waals surface area contributed by atoms with E-state index in [0.29, 0.717) is 0 Å². The van der Waals surface area contributed by atoms with E-state index in [4.69, 9.17) is 0 Å². The smallest absolute Gasteiger partial charge is 0.252 e. The van der Waals surface area contributed by atoms with Gasteiger partial charge in [0.1, 0.15) is 6.04 Å². The molecule has 1 aliphatic rings. The third kappa shape index (κ3) is 2.87. The van der Waals surface area contributed by atoms with Gasteiger partial charge in [0.05, 0.1) is 6.04 Å². The molecule has 1 aliphatic heterocycles. The fourth-order valence-electron chi connectivity index (χ4n) is 4.37. The van der Waals surface area contributed by atoms with Crippen LogP contribution in [0, 0.1) is 0 Å². The zero-order valence-corrected chi connectivity index (χ0v) is 16.3. The molecule has 0 saturated carbocycles. The molecule has 29 heavy (non-hydrogen) atoms. The van der Waals surface area contributed by atoms with Crippen LogP contribution in [0.2, 0.25) is 0 Å². The van der Waals surface area contributed by atoms with Crippen LogP contribution < -0.4 is 9.80 Å². The number of fused-ring (bicyclic) bond motifs is 1. The van der Waals surface area contributed by atoms with Crippen molar-refractivity contribution in [2.45, 2.75) is 12.1 Å². The Morgan fingerprint density at radius 2 is 1.34 bits per heavy atom. The molecule has 0 spiro atoms. The van der Waals surface area contributed by atoms with E-state index in [2.05, 4.69) is 59.5 Å². The summed E-state index contributed by atoms with van der Waals surface area (Å²) in [5, 5.41) is 2.39. The number of rotatable bonds is 4. The number of anilines is 2. The quantitative estimate of drug-likeness (QED) is 0.442. The number of carbonyl (C=O) groups is 1. The molecule has 5 rings (SSSR count). The lowest BCUT2D eigenvalue weighted by Crippen LogP contribution is -2.65. The molecular formula is C26H22N2O. The zero-order valence-electron chi connectivity index (χ0n) is 16.3. The van der Waals surface area contributed by atoms with Crippen molar-refractivity contribution in [1.29, 1.82) is 0 Å². The number of amides is 1. The van der Waals surface area contributed by atoms with Gasteiger partial charge in [-0.05, 0) is 40.6 Å². The summed E-state index contributed by atoms with van der Waals surface area (Å²) in [4.78, 5) is 17.4. The van der Waals surface area contributed by atoms with Gasteiger partial charge in [-0.15, -0.1) is 0 Å². The maximum Gasteiger partial charge on any atom is 0.252 e. The molecule has 1 saturated heterocycles. The molecule has 0 radical (unpaired) electrons. The fourth-order valence-corrected chi connectivity index (χ4v) is 4.37. The summed E-state index contributed by atoms with van der Waals surface area (Å²) >= 11 is 0. The average Bonchev–Trinajstić information content (AvgIpc) is 2.78. The summed E-state index contributed by atoms with van der Waals surface area (Å²) in [6.07, 6.45) is 0. The lowest BCUT2D eigenvalue weighted by atomic mass is 9.84. The number of hydrogen-bond acceptors (Lipinski definition) is 2. The first-order chi connectivity index (χ1) is 14.3. The summed E-state index contributed by atoms with van der Waals surface area (Å²) in [7, 11) is 2.01. The normalized spacial score (nSPS) is 18.5. The van der Waals surface area contributed by atoms with E-state index in [1.165, 1.54) is 16.3 Å². The first-order valence-corrected chi connectivity index (χ1v) is 9.89. The van der Waals surface area contributed by atoms with Gasteiger partial charge in [0.15, 0.2) is 0 Å². The summed E-state index contributed by atoms with van der Waals surface area (Å²) in [6.45, 7) is 0. The predicted molar refractivity (Wildman–Crippen MR) is 119 cm³/mol. The van der Waals surface area contributed by atoms with Crippen molar-refractivity contribution < 1.29 is 4.79 Å². The van der Waals surface area contributed by atoms with Crippen LogP contribution in [0.4, 0.5) is 11.4 Å². The van der Waals surface area contributed by atoms with Crippen LogP contribution in [-0.4, -0.2) is 19.0 Å². The minimum Gasteiger partial charge on any atom is -0.361 e. The highest BCUT2D eigenvalue weighted by Gasteiger charge is 2.51. The molecule has 142 valence electrons. The lowest BCUT2D eigenvalue weighted by molar-refractivity contribution is -0.126. The topological polar surface area (TPSA) is 23.6 Å². The van der Waals surface area contributed by atoms with Crippen LogP contribution in [-0.2, 0) is 4.79 Å². The summed E-state index contributed by atoms with van der Waals surface area (Å²) < 4.78 is 0. The molecule has 1 fully saturated rings. The van der Waals surface area contributed by atoms with E-state index in [9.17, 15) is 4.79 Å². The number of carbonyl (C=O) groups excluding carboxylic acids is 1. The molecule has 3 heteroatoms. The molecular weight excluding hydrogens is 356 g/mol. The Morgan fingerprint density at radius 1 is 0.724 bits per heavy atom. The number of para-hydroxylation sites is 2. The van der Waals surface area contributed by atoms with E-state index >= 15 is 0 Å². The van der Waals surface area contributed by atoms with Gasteiger partial charge in [0.25, 0.3) is 5.91 Å². The number of β-lactam (4-membered cyclic amide) rings is 1. The lowest BCUT2D eigenvalue weighted by Gasteiger charge is -2.51. The van der Waals surface area contributed by atoms with Gasteiger partial charge in [0.2, 0.25) is 0 Å². The monoisotopic (exact) mass is 378 g/mol. The largest absolute Gasteiger partial charge is 0.361 e. The van der Waals surface area contributed by atoms with E-state index in [-0.39, 0.29) is 18.0 Å². The van der Waals surface area contributed by atoms with E-state index < -0.39 is 0 Å². The van der Waals surface area contributed by atoms with Crippen molar-refractivity contribution in [1.82, 2.24) is 0 Å². The molecule has 3 nitrogen and oxygen atoms in total. The summed E-state index contributed by atoms with van der Waals surface area (Å²) in [6, 6.07) is 34.6. The SMILES string of the molecule is CN(c1ccccc1)[C@@H]1C(=O)N(c2ccccc2)[C@@H]1c1cccc2ccccc12. The Hall–Kier alpha value is -3.59. The van der Waals surface area contributed by atoms with Crippen LogP contribution in [0.15, 0.2) is 103 Å². The molecule has 4 aromatic carbocycles.